The van der Waals surface area contributed by atoms with E-state index < -0.39 is 17.6 Å². The second kappa shape index (κ2) is 11.4. The molecule has 0 aliphatic heterocycles. The average Bonchev–Trinajstić information content (AvgIpc) is 3.31. The zero-order valence-electron chi connectivity index (χ0n) is 22.0. The summed E-state index contributed by atoms with van der Waals surface area (Å²) in [7, 11) is 0. The normalized spacial score (nSPS) is 12.2. The maximum Gasteiger partial charge on any atom is 0.417 e. The molecule has 0 radical (unpaired) electrons. The lowest BCUT2D eigenvalue weighted by Gasteiger charge is -2.19. The first-order chi connectivity index (χ1) is 18.4. The number of halogens is 3. The summed E-state index contributed by atoms with van der Waals surface area (Å²) in [6.07, 6.45) is -3.53. The van der Waals surface area contributed by atoms with Gasteiger partial charge in [0.05, 0.1) is 17.5 Å². The lowest BCUT2D eigenvalue weighted by molar-refractivity contribution is -0.137. The Balaban J connectivity index is 1.53. The molecule has 4 rings (SSSR count). The highest BCUT2D eigenvalue weighted by atomic mass is 32.2. The number of rotatable bonds is 7. The molecule has 1 heterocycles. The number of hydrazone groups is 1. The van der Waals surface area contributed by atoms with E-state index in [0.717, 1.165) is 40.9 Å². The van der Waals surface area contributed by atoms with E-state index in [-0.39, 0.29) is 16.7 Å². The van der Waals surface area contributed by atoms with Crippen LogP contribution in [0.25, 0.3) is 17.1 Å². The first-order valence-corrected chi connectivity index (χ1v) is 13.2. The SMILES string of the molecule is Cc1ccc(-n2c(SCC(=O)N/N=C\c3ccccc3C(F)(F)F)nnc2-c2ccc(C(C)(C)C)cc2)cc1. The number of nitrogens with one attached hydrogen (secondary N) is 1. The van der Waals surface area contributed by atoms with E-state index in [4.69, 9.17) is 0 Å². The molecule has 3 aromatic carbocycles. The van der Waals surface area contributed by atoms with Gasteiger partial charge < -0.3 is 0 Å². The second-order valence-electron chi connectivity index (χ2n) is 9.97. The van der Waals surface area contributed by atoms with Gasteiger partial charge in [-0.2, -0.15) is 18.3 Å². The van der Waals surface area contributed by atoms with Crippen LogP contribution in [0.15, 0.2) is 83.1 Å². The Hall–Kier alpha value is -3.92. The summed E-state index contributed by atoms with van der Waals surface area (Å²) in [5, 5.41) is 13.0. The molecule has 39 heavy (non-hydrogen) atoms. The Bertz CT molecular complexity index is 1470. The zero-order chi connectivity index (χ0) is 28.2. The maximum atomic E-state index is 13.2. The van der Waals surface area contributed by atoms with Crippen molar-refractivity contribution in [2.24, 2.45) is 5.10 Å². The van der Waals surface area contributed by atoms with Crippen LogP contribution in [-0.2, 0) is 16.4 Å². The van der Waals surface area contributed by atoms with Gasteiger partial charge in [-0.1, -0.05) is 92.7 Å². The molecule has 0 atom stereocenters. The number of thioether (sulfide) groups is 1. The van der Waals surface area contributed by atoms with Crippen molar-refractivity contribution in [2.45, 2.75) is 44.4 Å². The number of nitrogens with zero attached hydrogens (tertiary/aromatic N) is 4. The number of hydrogen-bond donors (Lipinski definition) is 1. The number of carbonyl (C=O) groups is 1. The van der Waals surface area contributed by atoms with Gasteiger partial charge in [0.1, 0.15) is 0 Å². The number of benzene rings is 3. The summed E-state index contributed by atoms with van der Waals surface area (Å²) in [6.45, 7) is 8.44. The monoisotopic (exact) mass is 551 g/mol. The van der Waals surface area contributed by atoms with Crippen LogP contribution < -0.4 is 5.43 Å². The second-order valence-corrected chi connectivity index (χ2v) is 10.9. The third-order valence-electron chi connectivity index (χ3n) is 5.93. The fraction of sp³-hybridized carbons (Fsp3) is 0.241. The van der Waals surface area contributed by atoms with Crippen molar-refractivity contribution in [3.05, 3.63) is 95.1 Å². The highest BCUT2D eigenvalue weighted by Crippen LogP contribution is 2.32. The molecule has 0 aliphatic carbocycles. The first-order valence-electron chi connectivity index (χ1n) is 12.2. The molecule has 1 aromatic heterocycles. The standard InChI is InChI=1S/C29H28F3N5OS/c1-19-9-15-23(16-10-19)37-26(20-11-13-22(14-12-20)28(2,3)4)35-36-27(37)39-18-25(38)34-33-17-21-7-5-6-8-24(21)29(30,31)32/h5-17H,18H2,1-4H3,(H,34,38)/b33-17-. The summed E-state index contributed by atoms with van der Waals surface area (Å²) in [5.74, 6) is 0.0739. The van der Waals surface area contributed by atoms with E-state index >= 15 is 0 Å². The number of carbonyl (C=O) groups excluding carboxylic acids is 1. The van der Waals surface area contributed by atoms with Gasteiger partial charge >= 0.3 is 6.18 Å². The van der Waals surface area contributed by atoms with Crippen LogP contribution in [0.2, 0.25) is 0 Å². The molecule has 0 bridgehead atoms. The summed E-state index contributed by atoms with van der Waals surface area (Å²) < 4.78 is 41.4. The Morgan fingerprint density at radius 1 is 0.974 bits per heavy atom. The quantitative estimate of drug-likeness (QED) is 0.156. The number of hydrogen-bond acceptors (Lipinski definition) is 5. The fourth-order valence-corrected chi connectivity index (χ4v) is 4.54. The zero-order valence-corrected chi connectivity index (χ0v) is 22.8. The number of amides is 1. The van der Waals surface area contributed by atoms with Crippen molar-refractivity contribution in [3.63, 3.8) is 0 Å². The molecule has 0 fully saturated rings. The van der Waals surface area contributed by atoms with Crippen LogP contribution in [0.5, 0.6) is 0 Å². The van der Waals surface area contributed by atoms with Gasteiger partial charge in [-0.15, -0.1) is 10.2 Å². The van der Waals surface area contributed by atoms with Crippen LogP contribution in [0.4, 0.5) is 13.2 Å². The van der Waals surface area contributed by atoms with Gasteiger partial charge in [0.15, 0.2) is 11.0 Å². The number of alkyl halides is 3. The van der Waals surface area contributed by atoms with Crippen LogP contribution in [0.1, 0.15) is 43.0 Å². The summed E-state index contributed by atoms with van der Waals surface area (Å²) in [4.78, 5) is 12.5. The number of aryl methyl sites for hydroxylation is 1. The van der Waals surface area contributed by atoms with Gasteiger partial charge in [-0.25, -0.2) is 5.43 Å². The van der Waals surface area contributed by atoms with E-state index in [1.165, 1.54) is 23.8 Å². The van der Waals surface area contributed by atoms with Crippen LogP contribution in [0, 0.1) is 6.92 Å². The third kappa shape index (κ3) is 6.94. The van der Waals surface area contributed by atoms with Crippen molar-refractivity contribution < 1.29 is 18.0 Å². The van der Waals surface area contributed by atoms with Crippen LogP contribution in [0.3, 0.4) is 0 Å². The molecule has 0 aliphatic rings. The molecule has 0 saturated carbocycles. The minimum absolute atomic E-state index is 0.00877. The van der Waals surface area contributed by atoms with Gasteiger partial charge in [-0.3, -0.25) is 9.36 Å². The highest BCUT2D eigenvalue weighted by Gasteiger charge is 2.32. The van der Waals surface area contributed by atoms with Crippen LogP contribution in [-0.4, -0.2) is 32.6 Å². The number of aromatic nitrogens is 3. The molecule has 6 nitrogen and oxygen atoms in total. The molecule has 202 valence electrons. The Kier molecular flexibility index (Phi) is 8.25. The molecular weight excluding hydrogens is 523 g/mol. The van der Waals surface area contributed by atoms with Crippen LogP contribution >= 0.6 is 11.8 Å². The molecule has 1 amide bonds. The van der Waals surface area contributed by atoms with Crippen molar-refractivity contribution >= 4 is 23.9 Å². The van der Waals surface area contributed by atoms with E-state index in [0.29, 0.717) is 11.0 Å². The minimum atomic E-state index is -4.52. The summed E-state index contributed by atoms with van der Waals surface area (Å²) in [6, 6.07) is 21.0. The topological polar surface area (TPSA) is 72.2 Å². The third-order valence-corrected chi connectivity index (χ3v) is 6.86. The molecule has 0 spiro atoms. The maximum absolute atomic E-state index is 13.2. The van der Waals surface area contributed by atoms with Gasteiger partial charge in [0, 0.05) is 16.8 Å². The van der Waals surface area contributed by atoms with Crippen molar-refractivity contribution in [1.29, 1.82) is 0 Å². The molecule has 4 aromatic rings. The van der Waals surface area contributed by atoms with Gasteiger partial charge in [-0.05, 0) is 36.1 Å². The minimum Gasteiger partial charge on any atom is -0.272 e. The first kappa shape index (κ1) is 28.1. The Morgan fingerprint density at radius 3 is 2.28 bits per heavy atom. The Morgan fingerprint density at radius 2 is 1.64 bits per heavy atom. The molecule has 0 saturated heterocycles. The average molecular weight is 552 g/mol. The van der Waals surface area contributed by atoms with Gasteiger partial charge in [0.2, 0.25) is 0 Å². The van der Waals surface area contributed by atoms with Crippen molar-refractivity contribution in [2.75, 3.05) is 5.75 Å². The van der Waals surface area contributed by atoms with Crippen molar-refractivity contribution in [3.8, 4) is 17.1 Å². The molecule has 0 unspecified atom stereocenters. The lowest BCUT2D eigenvalue weighted by Crippen LogP contribution is -2.20. The molecule has 1 N–H and O–H groups in total. The van der Waals surface area contributed by atoms with Gasteiger partial charge in [0.25, 0.3) is 5.91 Å². The fourth-order valence-electron chi connectivity index (χ4n) is 3.80. The smallest absolute Gasteiger partial charge is 0.272 e. The highest BCUT2D eigenvalue weighted by molar-refractivity contribution is 7.99. The summed E-state index contributed by atoms with van der Waals surface area (Å²) in [5.41, 5.74) is 5.34. The largest absolute Gasteiger partial charge is 0.417 e. The van der Waals surface area contributed by atoms with E-state index in [2.05, 4.69) is 53.6 Å². The summed E-state index contributed by atoms with van der Waals surface area (Å²) >= 11 is 1.15. The van der Waals surface area contributed by atoms with E-state index in [1.54, 1.807) is 0 Å². The van der Waals surface area contributed by atoms with Crippen molar-refractivity contribution in [1.82, 2.24) is 20.2 Å². The Labute approximate surface area is 229 Å². The van der Waals surface area contributed by atoms with E-state index in [1.807, 2.05) is 47.9 Å². The molecular formula is C29H28F3N5OS. The lowest BCUT2D eigenvalue weighted by atomic mass is 9.87. The molecule has 10 heteroatoms. The van der Waals surface area contributed by atoms with E-state index in [9.17, 15) is 18.0 Å². The predicted molar refractivity (Wildman–Crippen MR) is 148 cm³/mol. The predicted octanol–water partition coefficient (Wildman–Crippen LogP) is 6.80.